The molecule has 0 saturated heterocycles. The summed E-state index contributed by atoms with van der Waals surface area (Å²) in [5, 5.41) is 5.51. The van der Waals surface area contributed by atoms with E-state index >= 15 is 0 Å². The van der Waals surface area contributed by atoms with Crippen molar-refractivity contribution in [1.29, 1.82) is 0 Å². The quantitative estimate of drug-likeness (QED) is 0.276. The number of hydrogen-bond donors (Lipinski definition) is 1. The monoisotopic (exact) mass is 194 g/mol. The predicted molar refractivity (Wildman–Crippen MR) is 25.2 cm³/mol. The number of carbonyl (C=O) groups is 2. The van der Waals surface area contributed by atoms with Crippen LogP contribution >= 0.6 is 0 Å². The number of carboxylic acid groups (broad SMARTS) is 1. The minimum Gasteiger partial charge on any atom is -1.00 e. The van der Waals surface area contributed by atoms with Gasteiger partial charge in [0.2, 0.25) is 0 Å². The molecule has 0 heterocycles. The first-order valence-electron chi connectivity index (χ1n) is 1.60. The zero-order valence-corrected chi connectivity index (χ0v) is 8.91. The Hall–Kier alpha value is 0.526. The molecule has 0 aliphatic carbocycles. The molecule has 0 saturated carbocycles. The molecule has 0 aromatic heterocycles. The Kier molecular flexibility index (Phi) is 6.85. The Balaban J connectivity index is -0.000000320. The third-order valence-electron chi connectivity index (χ3n) is 0.380. The molecule has 0 aromatic carbocycles. The van der Waals surface area contributed by atoms with Crippen LogP contribution in [0.15, 0.2) is 0 Å². The summed E-state index contributed by atoms with van der Waals surface area (Å²) in [6, 6.07) is 0. The van der Waals surface area contributed by atoms with Crippen molar-refractivity contribution in [2.45, 2.75) is 0 Å². The van der Waals surface area contributed by atoms with Gasteiger partial charge in [0.1, 0.15) is 0 Å². The first kappa shape index (κ1) is 13.1. The van der Waals surface area contributed by atoms with E-state index in [2.05, 4.69) is 4.18 Å². The van der Waals surface area contributed by atoms with Gasteiger partial charge in [-0.3, -0.25) is 4.79 Å². The zero-order valence-electron chi connectivity index (χ0n) is 5.97. The van der Waals surface area contributed by atoms with Gasteiger partial charge in [-0.05, 0) is 0 Å². The van der Waals surface area contributed by atoms with Crippen molar-refractivity contribution < 1.29 is 80.1 Å². The minimum atomic E-state index is -4.70. The van der Waals surface area contributed by atoms with E-state index in [1.165, 1.54) is 0 Å². The number of carbonyl (C=O) groups excluding carboxylic acids is 1. The van der Waals surface area contributed by atoms with Gasteiger partial charge in [-0.1, -0.05) is 0 Å². The van der Waals surface area contributed by atoms with Crippen LogP contribution in [0.25, 0.3) is 0 Å². The van der Waals surface area contributed by atoms with Gasteiger partial charge in [0.15, 0.2) is 0 Å². The summed E-state index contributed by atoms with van der Waals surface area (Å²) in [6.07, 6.45) is 0. The van der Waals surface area contributed by atoms with Crippen molar-refractivity contribution in [3.05, 3.63) is 0 Å². The maximum absolute atomic E-state index is 9.88. The molecular formula is C2H3KO6S. The molecule has 0 aliphatic heterocycles. The fourth-order valence-corrected chi connectivity index (χ4v) is 0.279. The van der Waals surface area contributed by atoms with Crippen LogP contribution < -0.4 is 51.4 Å². The summed E-state index contributed by atoms with van der Waals surface area (Å²) < 4.78 is 22.9. The molecule has 0 unspecified atom stereocenters. The fraction of sp³-hybridized carbons (Fsp3) is 0. The largest absolute Gasteiger partial charge is 1.00 e. The van der Waals surface area contributed by atoms with Crippen molar-refractivity contribution in [1.82, 2.24) is 0 Å². The minimum absolute atomic E-state index is 0. The van der Waals surface area contributed by atoms with Crippen LogP contribution in [-0.4, -0.2) is 25.3 Å². The van der Waals surface area contributed by atoms with Crippen LogP contribution in [0.3, 0.4) is 0 Å². The summed E-state index contributed by atoms with van der Waals surface area (Å²) in [6.45, 7) is -0.469. The van der Waals surface area contributed by atoms with E-state index in [9.17, 15) is 18.0 Å². The molecule has 54 valence electrons. The van der Waals surface area contributed by atoms with Crippen LogP contribution in [0.5, 0.6) is 0 Å². The molecule has 8 heteroatoms. The van der Waals surface area contributed by atoms with E-state index in [-0.39, 0.29) is 52.8 Å². The van der Waals surface area contributed by atoms with Gasteiger partial charge in [0, 0.05) is 0 Å². The standard InChI is InChI=1S/C2H2O6S.K.H/c3-1-8-9(6,7)2(4)5;;/h1H,(H,4,5);;/q;+1;-1. The maximum Gasteiger partial charge on any atom is 1.00 e. The summed E-state index contributed by atoms with van der Waals surface area (Å²) in [5.74, 6) is 0. The van der Waals surface area contributed by atoms with Crippen LogP contribution in [0.4, 0.5) is 4.79 Å². The van der Waals surface area contributed by atoms with Crippen molar-refractivity contribution in [2.75, 3.05) is 0 Å². The molecule has 0 bridgehead atoms. The number of hydrogen-bond acceptors (Lipinski definition) is 5. The first-order valence-corrected chi connectivity index (χ1v) is 3.01. The van der Waals surface area contributed by atoms with E-state index in [4.69, 9.17) is 5.11 Å². The SMILES string of the molecule is O=COS(=O)(=O)C(=O)O.[H-].[K+]. The third-order valence-corrected chi connectivity index (χ3v) is 1.14. The van der Waals surface area contributed by atoms with Crippen molar-refractivity contribution >= 4 is 21.9 Å². The molecule has 0 fully saturated rings. The summed E-state index contributed by atoms with van der Waals surface area (Å²) in [7, 11) is -4.70. The Morgan fingerprint density at radius 3 is 2.10 bits per heavy atom. The van der Waals surface area contributed by atoms with Crippen LogP contribution in [0.2, 0.25) is 0 Å². The molecular weight excluding hydrogens is 191 g/mol. The average Bonchev–Trinajstić information content (AvgIpc) is 1.65. The second-order valence-electron chi connectivity index (χ2n) is 0.912. The second-order valence-corrected chi connectivity index (χ2v) is 2.36. The first-order chi connectivity index (χ1) is 4.00. The molecule has 0 amide bonds. The van der Waals surface area contributed by atoms with Gasteiger partial charge in [-0.15, -0.1) is 0 Å². The van der Waals surface area contributed by atoms with Gasteiger partial charge in [0.05, 0.1) is 0 Å². The topological polar surface area (TPSA) is 97.7 Å². The molecule has 6 nitrogen and oxygen atoms in total. The zero-order chi connectivity index (χ0) is 7.49. The van der Waals surface area contributed by atoms with Crippen molar-refractivity contribution in [3.8, 4) is 0 Å². The molecule has 1 N–H and O–H groups in total. The van der Waals surface area contributed by atoms with E-state index in [0.29, 0.717) is 0 Å². The number of rotatable bonds is 2. The van der Waals surface area contributed by atoms with E-state index < -0.39 is 21.9 Å². The van der Waals surface area contributed by atoms with Crippen LogP contribution in [0.1, 0.15) is 1.43 Å². The normalized spacial score (nSPS) is 9.20. The Bertz CT molecular complexity index is 221. The summed E-state index contributed by atoms with van der Waals surface area (Å²) >= 11 is 0. The third kappa shape index (κ3) is 4.36. The molecule has 10 heavy (non-hydrogen) atoms. The molecule has 0 radical (unpaired) electrons. The van der Waals surface area contributed by atoms with Gasteiger partial charge >= 0.3 is 73.3 Å². The van der Waals surface area contributed by atoms with Crippen LogP contribution in [0, 0.1) is 0 Å². The second kappa shape index (κ2) is 5.21. The van der Waals surface area contributed by atoms with Crippen molar-refractivity contribution in [2.24, 2.45) is 0 Å². The maximum atomic E-state index is 9.88. The fourth-order valence-electron chi connectivity index (χ4n) is 0.0929. The molecule has 0 spiro atoms. The Labute approximate surface area is 101 Å². The molecule has 0 aromatic rings. The van der Waals surface area contributed by atoms with Crippen molar-refractivity contribution in [3.63, 3.8) is 0 Å². The molecule has 0 rings (SSSR count). The smallest absolute Gasteiger partial charge is 1.00 e. The van der Waals surface area contributed by atoms with Crippen LogP contribution in [-0.2, 0) is 19.1 Å². The van der Waals surface area contributed by atoms with Gasteiger partial charge in [0.25, 0.3) is 0 Å². The van der Waals surface area contributed by atoms with E-state index in [1.807, 2.05) is 0 Å². The molecule has 0 atom stereocenters. The Morgan fingerprint density at radius 1 is 1.60 bits per heavy atom. The Morgan fingerprint density at radius 2 is 2.00 bits per heavy atom. The van der Waals surface area contributed by atoms with Gasteiger partial charge in [-0.2, -0.15) is 8.42 Å². The predicted octanol–water partition coefficient (Wildman–Crippen LogP) is -3.72. The molecule has 0 aliphatic rings. The van der Waals surface area contributed by atoms with E-state index in [0.717, 1.165) is 0 Å². The average molecular weight is 194 g/mol. The van der Waals surface area contributed by atoms with Gasteiger partial charge in [-0.25, -0.2) is 4.79 Å². The van der Waals surface area contributed by atoms with E-state index in [1.54, 1.807) is 0 Å². The van der Waals surface area contributed by atoms with Gasteiger partial charge < -0.3 is 10.7 Å². The summed E-state index contributed by atoms with van der Waals surface area (Å²) in [5.41, 5.74) is 0. The summed E-state index contributed by atoms with van der Waals surface area (Å²) in [4.78, 5) is 18.8.